The maximum atomic E-state index is 5.66. The summed E-state index contributed by atoms with van der Waals surface area (Å²) in [7, 11) is 3.45. The van der Waals surface area contributed by atoms with Crippen LogP contribution in [0.5, 0.6) is 11.5 Å². The van der Waals surface area contributed by atoms with Crippen molar-refractivity contribution in [3.63, 3.8) is 0 Å². The first-order valence-electron chi connectivity index (χ1n) is 7.20. The van der Waals surface area contributed by atoms with E-state index in [-0.39, 0.29) is 0 Å². The third kappa shape index (κ3) is 2.71. The van der Waals surface area contributed by atoms with E-state index in [1.807, 2.05) is 0 Å². The molecule has 0 heterocycles. The molecule has 1 atom stereocenters. The van der Waals surface area contributed by atoms with Crippen molar-refractivity contribution in [2.24, 2.45) is 0 Å². The minimum Gasteiger partial charge on any atom is -0.493 e. The lowest BCUT2D eigenvalue weighted by Gasteiger charge is -2.24. The Hall–Kier alpha value is -1.22. The van der Waals surface area contributed by atoms with Gasteiger partial charge >= 0.3 is 0 Å². The van der Waals surface area contributed by atoms with Crippen LogP contribution in [0.25, 0.3) is 0 Å². The molecule has 0 radical (unpaired) electrons. The van der Waals surface area contributed by atoms with Crippen LogP contribution in [0.4, 0.5) is 0 Å². The fourth-order valence-electron chi connectivity index (χ4n) is 3.14. The molecule has 1 aromatic rings. The molecule has 1 aliphatic rings. The number of fused-ring (bicyclic) bond motifs is 1. The third-order valence-corrected chi connectivity index (χ3v) is 4.01. The average Bonchev–Trinajstić information content (AvgIpc) is 2.62. The summed E-state index contributed by atoms with van der Waals surface area (Å²) in [5.41, 5.74) is 4.08. The number of methoxy groups -OCH3 is 2. The van der Waals surface area contributed by atoms with E-state index in [1.54, 1.807) is 14.2 Å². The first-order chi connectivity index (χ1) is 9.22. The van der Waals surface area contributed by atoms with Crippen LogP contribution in [0.15, 0.2) is 6.07 Å². The zero-order valence-corrected chi connectivity index (χ0v) is 12.5. The molecule has 0 amide bonds. The molecule has 1 aromatic carbocycles. The van der Waals surface area contributed by atoms with Crippen molar-refractivity contribution < 1.29 is 9.47 Å². The topological polar surface area (TPSA) is 30.5 Å². The highest BCUT2D eigenvalue weighted by Crippen LogP contribution is 2.42. The molecule has 0 bridgehead atoms. The van der Waals surface area contributed by atoms with Gasteiger partial charge in [-0.15, -0.1) is 0 Å². The first-order valence-corrected chi connectivity index (χ1v) is 7.20. The lowest BCUT2D eigenvalue weighted by molar-refractivity contribution is 0.345. The molecule has 19 heavy (non-hydrogen) atoms. The van der Waals surface area contributed by atoms with Crippen LogP contribution >= 0.6 is 0 Å². The van der Waals surface area contributed by atoms with E-state index in [0.717, 1.165) is 24.5 Å². The fraction of sp³-hybridized carbons (Fsp3) is 0.625. The number of nitrogens with one attached hydrogen (secondary N) is 1. The molecular formula is C16H25NO2. The minimum atomic E-state index is 0.381. The largest absolute Gasteiger partial charge is 0.493 e. The van der Waals surface area contributed by atoms with E-state index in [4.69, 9.17) is 9.47 Å². The number of rotatable bonds is 4. The molecule has 0 spiro atoms. The molecule has 106 valence electrons. The van der Waals surface area contributed by atoms with Gasteiger partial charge in [-0.05, 0) is 49.9 Å². The second-order valence-electron chi connectivity index (χ2n) is 5.18. The second-order valence-corrected chi connectivity index (χ2v) is 5.18. The van der Waals surface area contributed by atoms with Gasteiger partial charge in [-0.25, -0.2) is 0 Å². The Morgan fingerprint density at radius 1 is 1.26 bits per heavy atom. The summed E-state index contributed by atoms with van der Waals surface area (Å²) in [6.07, 6.45) is 4.83. The summed E-state index contributed by atoms with van der Waals surface area (Å²) in [4.78, 5) is 0. The lowest BCUT2D eigenvalue weighted by Crippen LogP contribution is -2.22. The van der Waals surface area contributed by atoms with E-state index >= 15 is 0 Å². The molecule has 1 N–H and O–H groups in total. The number of hydrogen-bond donors (Lipinski definition) is 1. The van der Waals surface area contributed by atoms with Gasteiger partial charge in [-0.1, -0.05) is 13.3 Å². The Balaban J connectivity index is 2.60. The van der Waals surface area contributed by atoms with Gasteiger partial charge in [0.25, 0.3) is 0 Å². The smallest absolute Gasteiger partial charge is 0.165 e. The van der Waals surface area contributed by atoms with Crippen LogP contribution in [0.2, 0.25) is 0 Å². The van der Waals surface area contributed by atoms with Crippen molar-refractivity contribution in [2.45, 2.75) is 45.6 Å². The quantitative estimate of drug-likeness (QED) is 0.845. The van der Waals surface area contributed by atoms with Crippen LogP contribution in [0.3, 0.4) is 0 Å². The predicted molar refractivity (Wildman–Crippen MR) is 78.3 cm³/mol. The Morgan fingerprint density at radius 3 is 2.68 bits per heavy atom. The van der Waals surface area contributed by atoms with Gasteiger partial charge in [-0.2, -0.15) is 0 Å². The molecule has 0 saturated carbocycles. The van der Waals surface area contributed by atoms with E-state index in [1.165, 1.54) is 36.0 Å². The van der Waals surface area contributed by atoms with Gasteiger partial charge in [-0.3, -0.25) is 0 Å². The van der Waals surface area contributed by atoms with E-state index in [2.05, 4.69) is 25.2 Å². The van der Waals surface area contributed by atoms with Gasteiger partial charge in [0, 0.05) is 11.6 Å². The number of aryl methyl sites for hydroxylation is 1. The second kappa shape index (κ2) is 6.29. The summed E-state index contributed by atoms with van der Waals surface area (Å²) in [5.74, 6) is 1.76. The maximum absolute atomic E-state index is 5.66. The Kier molecular flexibility index (Phi) is 4.70. The Bertz CT molecular complexity index is 443. The van der Waals surface area contributed by atoms with Crippen molar-refractivity contribution in [1.82, 2.24) is 5.32 Å². The van der Waals surface area contributed by atoms with Gasteiger partial charge in [0.15, 0.2) is 11.5 Å². The van der Waals surface area contributed by atoms with E-state index in [0.29, 0.717) is 6.04 Å². The average molecular weight is 263 g/mol. The van der Waals surface area contributed by atoms with E-state index < -0.39 is 0 Å². The highest BCUT2D eigenvalue weighted by atomic mass is 16.5. The highest BCUT2D eigenvalue weighted by Gasteiger charge is 2.26. The highest BCUT2D eigenvalue weighted by molar-refractivity contribution is 5.56. The number of benzene rings is 1. The van der Waals surface area contributed by atoms with Crippen LogP contribution in [-0.2, 0) is 6.42 Å². The molecule has 0 aromatic heterocycles. The maximum Gasteiger partial charge on any atom is 0.165 e. The third-order valence-electron chi connectivity index (χ3n) is 4.01. The lowest BCUT2D eigenvalue weighted by atomic mass is 9.93. The van der Waals surface area contributed by atoms with Crippen molar-refractivity contribution in [3.8, 4) is 11.5 Å². The van der Waals surface area contributed by atoms with Crippen molar-refractivity contribution in [3.05, 3.63) is 22.8 Å². The van der Waals surface area contributed by atoms with Gasteiger partial charge in [0.05, 0.1) is 14.2 Å². The zero-order valence-electron chi connectivity index (χ0n) is 12.5. The summed E-state index contributed by atoms with van der Waals surface area (Å²) in [5, 5.41) is 3.60. The van der Waals surface area contributed by atoms with Gasteiger partial charge in [0.2, 0.25) is 0 Å². The SMILES string of the molecule is CCNC1CCCCc2c(C)cc(OC)c(OC)c21. The summed E-state index contributed by atoms with van der Waals surface area (Å²) in [6, 6.07) is 2.48. The van der Waals surface area contributed by atoms with Crippen LogP contribution in [0, 0.1) is 6.92 Å². The molecule has 3 nitrogen and oxygen atoms in total. The summed E-state index contributed by atoms with van der Waals surface area (Å²) in [6.45, 7) is 5.31. The molecule has 0 aliphatic heterocycles. The molecule has 0 saturated heterocycles. The Morgan fingerprint density at radius 2 is 2.05 bits per heavy atom. The summed E-state index contributed by atoms with van der Waals surface area (Å²) < 4.78 is 11.2. The molecule has 0 fully saturated rings. The molecule has 1 unspecified atom stereocenters. The van der Waals surface area contributed by atoms with Crippen molar-refractivity contribution in [2.75, 3.05) is 20.8 Å². The standard InChI is InChI=1S/C16H25NO2/c1-5-17-13-9-7-6-8-12-11(2)10-14(18-3)16(19-4)15(12)13/h10,13,17H,5-9H2,1-4H3. The van der Waals surface area contributed by atoms with E-state index in [9.17, 15) is 0 Å². The summed E-state index contributed by atoms with van der Waals surface area (Å²) >= 11 is 0. The van der Waals surface area contributed by atoms with Crippen LogP contribution < -0.4 is 14.8 Å². The fourth-order valence-corrected chi connectivity index (χ4v) is 3.14. The minimum absolute atomic E-state index is 0.381. The molecule has 2 rings (SSSR count). The molecular weight excluding hydrogens is 238 g/mol. The number of ether oxygens (including phenoxy) is 2. The van der Waals surface area contributed by atoms with Gasteiger partial charge < -0.3 is 14.8 Å². The van der Waals surface area contributed by atoms with Crippen LogP contribution in [-0.4, -0.2) is 20.8 Å². The molecule has 3 heteroatoms. The molecule has 1 aliphatic carbocycles. The van der Waals surface area contributed by atoms with Gasteiger partial charge in [0.1, 0.15) is 0 Å². The monoisotopic (exact) mass is 263 g/mol. The van der Waals surface area contributed by atoms with Crippen LogP contribution in [0.1, 0.15) is 48.9 Å². The van der Waals surface area contributed by atoms with Crippen molar-refractivity contribution >= 4 is 0 Å². The first kappa shape index (κ1) is 14.2. The normalized spacial score (nSPS) is 18.6. The zero-order chi connectivity index (χ0) is 13.8. The predicted octanol–water partition coefficient (Wildman–Crippen LogP) is 3.39. The number of hydrogen-bond acceptors (Lipinski definition) is 3. The van der Waals surface area contributed by atoms with Crippen molar-refractivity contribution in [1.29, 1.82) is 0 Å². The Labute approximate surface area is 116 Å².